The summed E-state index contributed by atoms with van der Waals surface area (Å²) in [6.45, 7) is 1.93. The summed E-state index contributed by atoms with van der Waals surface area (Å²) in [6.07, 6.45) is 1.89. The summed E-state index contributed by atoms with van der Waals surface area (Å²) in [7, 11) is 0. The molecule has 0 aliphatic rings. The third kappa shape index (κ3) is 5.30. The maximum atomic E-state index is 13.6. The van der Waals surface area contributed by atoms with Gasteiger partial charge in [-0.2, -0.15) is 11.8 Å². The molecule has 0 bridgehead atoms. The standard InChI is InChI=1S/C13H16FNO3S/c1-8(19-2)5-12(16)15-10-4-3-9(6-13(17)18)11(14)7-10/h3-4,7-8H,5-6H2,1-2H3,(H,15,16)(H,17,18). The van der Waals surface area contributed by atoms with E-state index in [1.165, 1.54) is 12.1 Å². The zero-order chi connectivity index (χ0) is 14.4. The Hall–Kier alpha value is -1.56. The molecule has 0 aliphatic carbocycles. The van der Waals surface area contributed by atoms with Crippen molar-refractivity contribution in [1.29, 1.82) is 0 Å². The number of carbonyl (C=O) groups is 2. The van der Waals surface area contributed by atoms with Crippen molar-refractivity contribution in [1.82, 2.24) is 0 Å². The Kier molecular flexibility index (Phi) is 5.82. The number of benzene rings is 1. The van der Waals surface area contributed by atoms with Crippen LogP contribution < -0.4 is 5.32 Å². The summed E-state index contributed by atoms with van der Waals surface area (Å²) < 4.78 is 13.6. The fraction of sp³-hybridized carbons (Fsp3) is 0.385. The number of aliphatic carboxylic acids is 1. The lowest BCUT2D eigenvalue weighted by Gasteiger charge is -2.10. The molecule has 1 unspecified atom stereocenters. The molecule has 4 nitrogen and oxygen atoms in total. The average Bonchev–Trinajstić information content (AvgIpc) is 2.32. The lowest BCUT2D eigenvalue weighted by molar-refractivity contribution is -0.136. The number of nitrogens with one attached hydrogen (secondary N) is 1. The topological polar surface area (TPSA) is 66.4 Å². The molecule has 0 aromatic heterocycles. The molecular weight excluding hydrogens is 269 g/mol. The Morgan fingerprint density at radius 3 is 2.68 bits per heavy atom. The third-order valence-electron chi connectivity index (χ3n) is 2.55. The summed E-state index contributed by atoms with van der Waals surface area (Å²) in [5.41, 5.74) is 0.438. The number of hydrogen-bond acceptors (Lipinski definition) is 3. The fourth-order valence-corrected chi connectivity index (χ4v) is 1.81. The summed E-state index contributed by atoms with van der Waals surface area (Å²) >= 11 is 1.58. The second kappa shape index (κ2) is 7.13. The second-order valence-electron chi connectivity index (χ2n) is 4.18. The van der Waals surface area contributed by atoms with Gasteiger partial charge < -0.3 is 10.4 Å². The molecule has 6 heteroatoms. The van der Waals surface area contributed by atoms with Crippen molar-refractivity contribution in [3.8, 4) is 0 Å². The molecule has 1 rings (SSSR count). The van der Waals surface area contributed by atoms with Crippen LogP contribution in [0.1, 0.15) is 18.9 Å². The molecule has 19 heavy (non-hydrogen) atoms. The molecule has 1 amide bonds. The quantitative estimate of drug-likeness (QED) is 0.843. The number of hydrogen-bond donors (Lipinski definition) is 2. The van der Waals surface area contributed by atoms with Crippen molar-refractivity contribution in [3.05, 3.63) is 29.6 Å². The highest BCUT2D eigenvalue weighted by atomic mass is 32.2. The van der Waals surface area contributed by atoms with Crippen molar-refractivity contribution in [2.24, 2.45) is 0 Å². The average molecular weight is 285 g/mol. The van der Waals surface area contributed by atoms with Gasteiger partial charge in [0.25, 0.3) is 0 Å². The maximum absolute atomic E-state index is 13.6. The van der Waals surface area contributed by atoms with Gasteiger partial charge >= 0.3 is 5.97 Å². The van der Waals surface area contributed by atoms with E-state index in [1.54, 1.807) is 11.8 Å². The van der Waals surface area contributed by atoms with E-state index in [0.717, 1.165) is 6.07 Å². The Bertz CT molecular complexity index is 479. The lowest BCUT2D eigenvalue weighted by atomic mass is 10.1. The molecule has 0 spiro atoms. The van der Waals surface area contributed by atoms with Crippen molar-refractivity contribution >= 4 is 29.3 Å². The Morgan fingerprint density at radius 2 is 2.16 bits per heavy atom. The number of halogens is 1. The van der Waals surface area contributed by atoms with E-state index in [2.05, 4.69) is 5.32 Å². The maximum Gasteiger partial charge on any atom is 0.307 e. The number of carboxylic acid groups (broad SMARTS) is 1. The summed E-state index contributed by atoms with van der Waals surface area (Å²) in [5.74, 6) is -1.91. The van der Waals surface area contributed by atoms with Crippen LogP contribution in [-0.4, -0.2) is 28.5 Å². The molecular formula is C13H16FNO3S. The predicted octanol–water partition coefficient (Wildman–Crippen LogP) is 2.53. The zero-order valence-corrected chi connectivity index (χ0v) is 11.6. The van der Waals surface area contributed by atoms with Gasteiger partial charge in [0.2, 0.25) is 5.91 Å². The molecule has 0 heterocycles. The van der Waals surface area contributed by atoms with E-state index in [0.29, 0.717) is 12.1 Å². The van der Waals surface area contributed by atoms with Gasteiger partial charge in [-0.15, -0.1) is 0 Å². The number of amides is 1. The van der Waals surface area contributed by atoms with Gasteiger partial charge in [-0.25, -0.2) is 4.39 Å². The van der Waals surface area contributed by atoms with E-state index in [9.17, 15) is 14.0 Å². The highest BCUT2D eigenvalue weighted by Gasteiger charge is 2.11. The minimum Gasteiger partial charge on any atom is -0.481 e. The van der Waals surface area contributed by atoms with Gasteiger partial charge in [0.1, 0.15) is 5.82 Å². The molecule has 104 valence electrons. The van der Waals surface area contributed by atoms with Gasteiger partial charge in [-0.3, -0.25) is 9.59 Å². The van der Waals surface area contributed by atoms with Crippen LogP contribution in [0.2, 0.25) is 0 Å². The number of thioether (sulfide) groups is 1. The van der Waals surface area contributed by atoms with E-state index < -0.39 is 11.8 Å². The largest absolute Gasteiger partial charge is 0.481 e. The minimum atomic E-state index is -1.09. The highest BCUT2D eigenvalue weighted by Crippen LogP contribution is 2.17. The molecule has 1 aromatic carbocycles. The molecule has 0 saturated carbocycles. The monoisotopic (exact) mass is 285 g/mol. The molecule has 0 aliphatic heterocycles. The van der Waals surface area contributed by atoms with Crippen LogP contribution in [0.3, 0.4) is 0 Å². The van der Waals surface area contributed by atoms with Crippen LogP contribution in [0, 0.1) is 5.82 Å². The van der Waals surface area contributed by atoms with Crippen molar-refractivity contribution in [2.75, 3.05) is 11.6 Å². The van der Waals surface area contributed by atoms with E-state index >= 15 is 0 Å². The van der Waals surface area contributed by atoms with E-state index in [1.807, 2.05) is 13.2 Å². The second-order valence-corrected chi connectivity index (χ2v) is 5.45. The Balaban J connectivity index is 2.68. The van der Waals surface area contributed by atoms with E-state index in [-0.39, 0.29) is 23.1 Å². The number of carbonyl (C=O) groups excluding carboxylic acids is 1. The Labute approximate surface area is 115 Å². The van der Waals surface area contributed by atoms with Gasteiger partial charge in [0.05, 0.1) is 6.42 Å². The minimum absolute atomic E-state index is 0.1000. The van der Waals surface area contributed by atoms with Crippen LogP contribution in [0.25, 0.3) is 0 Å². The summed E-state index contributed by atoms with van der Waals surface area (Å²) in [4.78, 5) is 22.1. The van der Waals surface area contributed by atoms with Gasteiger partial charge in [-0.1, -0.05) is 13.0 Å². The smallest absolute Gasteiger partial charge is 0.307 e. The van der Waals surface area contributed by atoms with Crippen LogP contribution in [0.5, 0.6) is 0 Å². The molecule has 0 saturated heterocycles. The third-order valence-corrected chi connectivity index (χ3v) is 3.53. The van der Waals surface area contributed by atoms with Crippen LogP contribution in [-0.2, 0) is 16.0 Å². The first-order chi connectivity index (χ1) is 8.92. The predicted molar refractivity (Wildman–Crippen MR) is 74.0 cm³/mol. The van der Waals surface area contributed by atoms with Crippen LogP contribution in [0.15, 0.2) is 18.2 Å². The fourth-order valence-electron chi connectivity index (χ4n) is 1.49. The Morgan fingerprint density at radius 1 is 1.47 bits per heavy atom. The lowest BCUT2D eigenvalue weighted by Crippen LogP contribution is -2.16. The van der Waals surface area contributed by atoms with E-state index in [4.69, 9.17) is 5.11 Å². The van der Waals surface area contributed by atoms with Crippen LogP contribution in [0.4, 0.5) is 10.1 Å². The van der Waals surface area contributed by atoms with Gasteiger partial charge in [0, 0.05) is 17.4 Å². The molecule has 0 fully saturated rings. The van der Waals surface area contributed by atoms with Gasteiger partial charge in [-0.05, 0) is 24.0 Å². The summed E-state index contributed by atoms with van der Waals surface area (Å²) in [5, 5.41) is 11.4. The summed E-state index contributed by atoms with van der Waals surface area (Å²) in [6, 6.07) is 4.01. The molecule has 2 N–H and O–H groups in total. The first kappa shape index (κ1) is 15.5. The highest BCUT2D eigenvalue weighted by molar-refractivity contribution is 7.99. The normalized spacial score (nSPS) is 11.9. The first-order valence-electron chi connectivity index (χ1n) is 5.75. The zero-order valence-electron chi connectivity index (χ0n) is 10.8. The van der Waals surface area contributed by atoms with Crippen molar-refractivity contribution in [2.45, 2.75) is 25.0 Å². The SMILES string of the molecule is CSC(C)CC(=O)Nc1ccc(CC(=O)O)c(F)c1. The van der Waals surface area contributed by atoms with Crippen molar-refractivity contribution < 1.29 is 19.1 Å². The first-order valence-corrected chi connectivity index (χ1v) is 7.04. The van der Waals surface area contributed by atoms with Crippen LogP contribution >= 0.6 is 11.8 Å². The molecule has 0 radical (unpaired) electrons. The number of rotatable bonds is 6. The number of carboxylic acids is 1. The molecule has 1 aromatic rings. The van der Waals surface area contributed by atoms with Crippen molar-refractivity contribution in [3.63, 3.8) is 0 Å². The molecule has 1 atom stereocenters. The van der Waals surface area contributed by atoms with Gasteiger partial charge in [0.15, 0.2) is 0 Å². The number of anilines is 1.